The number of carbonyl (C=O) groups excluding carboxylic acids is 3. The quantitative estimate of drug-likeness (QED) is 0.791. The number of fused-ring (bicyclic) bond motifs is 1. The number of anilines is 2. The van der Waals surface area contributed by atoms with Crippen LogP contribution in [0.25, 0.3) is 0 Å². The number of rotatable bonds is 4. The molecule has 2 aliphatic heterocycles. The largest absolute Gasteiger partial charge is 0.324 e. The van der Waals surface area contributed by atoms with E-state index in [1.54, 1.807) is 0 Å². The zero-order valence-corrected chi connectivity index (χ0v) is 14.6. The molecule has 3 amide bonds. The van der Waals surface area contributed by atoms with Crippen LogP contribution in [0.4, 0.5) is 24.5 Å². The second kappa shape index (κ2) is 7.00. The van der Waals surface area contributed by atoms with E-state index in [0.29, 0.717) is 4.90 Å². The van der Waals surface area contributed by atoms with Gasteiger partial charge in [0.25, 0.3) is 11.8 Å². The molecule has 148 valence electrons. The maximum Gasteiger partial charge on any atom is 0.263 e. The van der Waals surface area contributed by atoms with E-state index in [0.717, 1.165) is 29.3 Å². The molecule has 0 saturated carbocycles. The van der Waals surface area contributed by atoms with Crippen LogP contribution in [-0.4, -0.2) is 41.4 Å². The Kier molecular flexibility index (Phi) is 4.49. The first-order valence-electron chi connectivity index (χ1n) is 8.41. The number of nitrogens with zero attached hydrogens (tertiary/aromatic N) is 4. The van der Waals surface area contributed by atoms with Crippen molar-refractivity contribution in [1.82, 2.24) is 5.01 Å². The number of nitrogens with one attached hydrogen (secondary N) is 1. The van der Waals surface area contributed by atoms with Gasteiger partial charge in [0.05, 0.1) is 5.69 Å². The van der Waals surface area contributed by atoms with E-state index >= 15 is 0 Å². The highest BCUT2D eigenvalue weighted by Crippen LogP contribution is 2.32. The van der Waals surface area contributed by atoms with Gasteiger partial charge in [-0.1, -0.05) is 11.3 Å². The Morgan fingerprint density at radius 2 is 1.83 bits per heavy atom. The maximum absolute atomic E-state index is 13.5. The molecular weight excluding hydrogens is 391 g/mol. The molecule has 8 nitrogen and oxygen atoms in total. The fourth-order valence-electron chi connectivity index (χ4n) is 3.15. The summed E-state index contributed by atoms with van der Waals surface area (Å²) in [5.41, 5.74) is 0.0626. The fourth-order valence-corrected chi connectivity index (χ4v) is 3.15. The summed E-state index contributed by atoms with van der Waals surface area (Å²) in [6, 6.07) is 5.44. The van der Waals surface area contributed by atoms with Gasteiger partial charge in [0.1, 0.15) is 12.4 Å². The van der Waals surface area contributed by atoms with Gasteiger partial charge in [0.15, 0.2) is 23.7 Å². The third-order valence-corrected chi connectivity index (χ3v) is 4.43. The van der Waals surface area contributed by atoms with E-state index in [1.807, 2.05) is 0 Å². The first-order valence-corrected chi connectivity index (χ1v) is 8.41. The maximum atomic E-state index is 13.5. The van der Waals surface area contributed by atoms with Crippen molar-refractivity contribution in [2.24, 2.45) is 10.3 Å². The van der Waals surface area contributed by atoms with Crippen LogP contribution in [0, 0.1) is 17.5 Å². The third kappa shape index (κ3) is 3.30. The summed E-state index contributed by atoms with van der Waals surface area (Å²) in [6.45, 7) is -0.425. The van der Waals surface area contributed by atoms with Crippen LogP contribution in [-0.2, 0) is 14.4 Å². The molecular formula is C18H12F3N5O3. The summed E-state index contributed by atoms with van der Waals surface area (Å²) in [5.74, 6) is -5.02. The molecule has 2 heterocycles. The highest BCUT2D eigenvalue weighted by atomic mass is 19.2. The van der Waals surface area contributed by atoms with E-state index in [9.17, 15) is 27.6 Å². The summed E-state index contributed by atoms with van der Waals surface area (Å²) in [7, 11) is 0. The van der Waals surface area contributed by atoms with Gasteiger partial charge in [-0.25, -0.2) is 18.1 Å². The van der Waals surface area contributed by atoms with E-state index in [-0.39, 0.29) is 11.4 Å². The van der Waals surface area contributed by atoms with Crippen molar-refractivity contribution in [2.45, 2.75) is 12.1 Å². The number of halogens is 3. The third-order valence-electron chi connectivity index (χ3n) is 4.43. The Labute approximate surface area is 161 Å². The van der Waals surface area contributed by atoms with Crippen molar-refractivity contribution >= 4 is 29.1 Å². The molecule has 0 aliphatic carbocycles. The zero-order valence-electron chi connectivity index (χ0n) is 14.6. The molecule has 2 atom stereocenters. The molecule has 0 radical (unpaired) electrons. The molecule has 0 unspecified atom stereocenters. The molecule has 0 spiro atoms. The zero-order chi connectivity index (χ0) is 20.7. The summed E-state index contributed by atoms with van der Waals surface area (Å²) >= 11 is 0. The standard InChI is InChI=1S/C18H12F3N5O3/c19-9-2-1-3-10(6-9)22-14(27)8-25-16-15(23-24-25)17(28)26(18(16)29)11-4-5-12(20)13(21)7-11/h1-7,15-16H,8H2,(H,22,27)/t15-,16+/m1/s1. The minimum Gasteiger partial charge on any atom is -0.324 e. The smallest absolute Gasteiger partial charge is 0.263 e. The number of benzene rings is 2. The topological polar surface area (TPSA) is 94.4 Å². The van der Waals surface area contributed by atoms with E-state index in [2.05, 4.69) is 15.7 Å². The molecule has 0 bridgehead atoms. The van der Waals surface area contributed by atoms with Crippen molar-refractivity contribution in [2.75, 3.05) is 16.8 Å². The minimum absolute atomic E-state index is 0.146. The van der Waals surface area contributed by atoms with Gasteiger partial charge < -0.3 is 5.32 Å². The molecule has 4 rings (SSSR count). The molecule has 0 aromatic heterocycles. The molecule has 2 aliphatic rings. The highest BCUT2D eigenvalue weighted by Gasteiger charge is 2.55. The lowest BCUT2D eigenvalue weighted by atomic mass is 10.1. The molecule has 1 N–H and O–H groups in total. The van der Waals surface area contributed by atoms with Gasteiger partial charge in [-0.15, -0.1) is 0 Å². The predicted octanol–water partition coefficient (Wildman–Crippen LogP) is 2.04. The van der Waals surface area contributed by atoms with Crippen LogP contribution in [0.2, 0.25) is 0 Å². The van der Waals surface area contributed by atoms with Crippen molar-refractivity contribution in [3.05, 3.63) is 59.9 Å². The number of amides is 3. The lowest BCUT2D eigenvalue weighted by Gasteiger charge is -2.20. The second-order valence-corrected chi connectivity index (χ2v) is 6.36. The summed E-state index contributed by atoms with van der Waals surface area (Å²) in [6.07, 6.45) is 0. The monoisotopic (exact) mass is 403 g/mol. The van der Waals surface area contributed by atoms with Gasteiger partial charge in [0, 0.05) is 11.8 Å². The highest BCUT2D eigenvalue weighted by molar-refractivity contribution is 6.25. The Bertz CT molecular complexity index is 1060. The molecule has 2 aromatic carbocycles. The van der Waals surface area contributed by atoms with E-state index in [1.165, 1.54) is 18.2 Å². The van der Waals surface area contributed by atoms with Gasteiger partial charge in [0.2, 0.25) is 5.91 Å². The summed E-state index contributed by atoms with van der Waals surface area (Å²) < 4.78 is 39.9. The molecule has 1 fully saturated rings. The molecule has 29 heavy (non-hydrogen) atoms. The molecule has 1 saturated heterocycles. The first kappa shape index (κ1) is 18.6. The minimum atomic E-state index is -1.21. The lowest BCUT2D eigenvalue weighted by Crippen LogP contribution is -2.43. The Morgan fingerprint density at radius 3 is 2.55 bits per heavy atom. The van der Waals surface area contributed by atoms with Crippen LogP contribution in [0.15, 0.2) is 52.8 Å². The van der Waals surface area contributed by atoms with Crippen LogP contribution in [0.1, 0.15) is 0 Å². The average molecular weight is 403 g/mol. The van der Waals surface area contributed by atoms with Crippen LogP contribution < -0.4 is 10.2 Å². The van der Waals surface area contributed by atoms with Crippen LogP contribution in [0.3, 0.4) is 0 Å². The van der Waals surface area contributed by atoms with Crippen molar-refractivity contribution in [3.8, 4) is 0 Å². The van der Waals surface area contributed by atoms with Crippen molar-refractivity contribution in [1.29, 1.82) is 0 Å². The molecule has 11 heteroatoms. The summed E-state index contributed by atoms with van der Waals surface area (Å²) in [5, 5.41) is 10.9. The van der Waals surface area contributed by atoms with Gasteiger partial charge in [-0.05, 0) is 30.3 Å². The average Bonchev–Trinajstić information content (AvgIpc) is 3.18. The Balaban J connectivity index is 1.50. The van der Waals surface area contributed by atoms with Crippen LogP contribution >= 0.6 is 0 Å². The number of hydrogen-bond acceptors (Lipinski definition) is 6. The van der Waals surface area contributed by atoms with Crippen LogP contribution in [0.5, 0.6) is 0 Å². The first-order chi connectivity index (χ1) is 13.8. The van der Waals surface area contributed by atoms with Gasteiger partial charge in [-0.3, -0.25) is 19.4 Å². The van der Waals surface area contributed by atoms with Crippen molar-refractivity contribution < 1.29 is 27.6 Å². The van der Waals surface area contributed by atoms with Gasteiger partial charge in [-0.2, -0.15) is 5.11 Å². The predicted molar refractivity (Wildman–Crippen MR) is 93.0 cm³/mol. The Morgan fingerprint density at radius 1 is 1.03 bits per heavy atom. The SMILES string of the molecule is O=C(CN1N=N[C@H]2C(=O)N(c3ccc(F)c(F)c3)C(=O)[C@H]21)Nc1cccc(F)c1. The Hall–Kier alpha value is -3.76. The number of hydrogen-bond donors (Lipinski definition) is 1. The lowest BCUT2D eigenvalue weighted by molar-refractivity contribution is -0.123. The van der Waals surface area contributed by atoms with Crippen molar-refractivity contribution in [3.63, 3.8) is 0 Å². The fraction of sp³-hybridized carbons (Fsp3) is 0.167. The molecule has 2 aromatic rings. The van der Waals surface area contributed by atoms with Gasteiger partial charge >= 0.3 is 0 Å². The number of imide groups is 1. The van der Waals surface area contributed by atoms with E-state index < -0.39 is 53.8 Å². The van der Waals surface area contributed by atoms with E-state index in [4.69, 9.17) is 0 Å². The number of carbonyl (C=O) groups is 3. The normalized spacial score (nSPS) is 20.4. The summed E-state index contributed by atoms with van der Waals surface area (Å²) in [4.78, 5) is 38.2. The second-order valence-electron chi connectivity index (χ2n) is 6.36.